The van der Waals surface area contributed by atoms with E-state index >= 15 is 0 Å². The highest BCUT2D eigenvalue weighted by Crippen LogP contribution is 2.52. The zero-order chi connectivity index (χ0) is 20.2. The normalized spacial score (nSPS) is 21.8. The van der Waals surface area contributed by atoms with Crippen LogP contribution < -0.4 is 15.4 Å². The number of fused-ring (bicyclic) bond motifs is 5. The number of rotatable bonds is 4. The number of halogens is 3. The second-order valence-electron chi connectivity index (χ2n) is 6.99. The van der Waals surface area contributed by atoms with Gasteiger partial charge in [0, 0.05) is 22.5 Å². The minimum Gasteiger partial charge on any atom is -0.405 e. The van der Waals surface area contributed by atoms with E-state index in [0.717, 1.165) is 29.8 Å². The number of carbonyl (C=O) groups excluding carboxylic acids is 1. The van der Waals surface area contributed by atoms with Crippen molar-refractivity contribution in [1.29, 1.82) is 0 Å². The second kappa shape index (κ2) is 6.74. The third kappa shape index (κ3) is 3.58. The van der Waals surface area contributed by atoms with Crippen LogP contribution in [-0.4, -0.2) is 24.3 Å². The van der Waals surface area contributed by atoms with E-state index in [1.54, 1.807) is 17.4 Å². The lowest BCUT2D eigenvalue weighted by Gasteiger charge is -2.14. The predicted molar refractivity (Wildman–Crippen MR) is 100.0 cm³/mol. The molecule has 1 saturated heterocycles. The van der Waals surface area contributed by atoms with Crippen molar-refractivity contribution < 1.29 is 27.4 Å². The number of epoxide rings is 1. The van der Waals surface area contributed by atoms with Crippen LogP contribution in [0.3, 0.4) is 0 Å². The van der Waals surface area contributed by atoms with E-state index in [1.807, 2.05) is 0 Å². The average Bonchev–Trinajstić information content (AvgIpc) is 3.14. The molecule has 29 heavy (non-hydrogen) atoms. The van der Waals surface area contributed by atoms with E-state index in [4.69, 9.17) is 4.74 Å². The number of aliphatic imine (C=N–C) groups is 1. The maximum absolute atomic E-state index is 12.7. The van der Waals surface area contributed by atoms with Crippen LogP contribution in [0, 0.1) is 0 Å². The number of carbonyl (C=O) groups is 1. The molecule has 2 N–H and O–H groups in total. The fourth-order valence-corrected chi connectivity index (χ4v) is 5.08. The van der Waals surface area contributed by atoms with E-state index < -0.39 is 18.5 Å². The van der Waals surface area contributed by atoms with Crippen LogP contribution >= 0.6 is 11.3 Å². The van der Waals surface area contributed by atoms with Crippen molar-refractivity contribution in [3.63, 3.8) is 0 Å². The van der Waals surface area contributed by atoms with Gasteiger partial charge in [0.25, 0.3) is 5.91 Å². The number of hydrogen-bond donors (Lipinski definition) is 2. The first-order valence-corrected chi connectivity index (χ1v) is 9.97. The van der Waals surface area contributed by atoms with Gasteiger partial charge in [-0.15, -0.1) is 24.5 Å². The summed E-state index contributed by atoms with van der Waals surface area (Å²) in [5, 5.41) is 6.59. The summed E-state index contributed by atoms with van der Waals surface area (Å²) in [6.07, 6.45) is -2.17. The first-order chi connectivity index (χ1) is 13.9. The predicted octanol–water partition coefficient (Wildman–Crippen LogP) is 3.67. The smallest absolute Gasteiger partial charge is 0.405 e. The molecular weight excluding hydrogens is 407 g/mol. The second-order valence-corrected chi connectivity index (χ2v) is 8.09. The summed E-state index contributed by atoms with van der Waals surface area (Å²) < 4.78 is 47.3. The number of benzene rings is 1. The topological polar surface area (TPSA) is 75.2 Å². The summed E-state index contributed by atoms with van der Waals surface area (Å²) in [6, 6.07) is 5.68. The quantitative estimate of drug-likeness (QED) is 0.736. The monoisotopic (exact) mass is 423 g/mol. The summed E-state index contributed by atoms with van der Waals surface area (Å²) in [4.78, 5) is 18.3. The Labute approximate surface area is 167 Å². The van der Waals surface area contributed by atoms with E-state index in [-0.39, 0.29) is 29.8 Å². The summed E-state index contributed by atoms with van der Waals surface area (Å²) >= 11 is 1.62. The Bertz CT molecular complexity index is 1020. The number of thiophene rings is 1. The highest BCUT2D eigenvalue weighted by Gasteiger charge is 2.47. The Kier molecular flexibility index (Phi) is 4.28. The number of aryl methyl sites for hydroxylation is 1. The van der Waals surface area contributed by atoms with Crippen molar-refractivity contribution in [3.8, 4) is 5.75 Å². The van der Waals surface area contributed by atoms with E-state index in [0.29, 0.717) is 0 Å². The Hall–Kier alpha value is -2.59. The molecule has 2 unspecified atom stereocenters. The van der Waals surface area contributed by atoms with Crippen molar-refractivity contribution >= 4 is 28.1 Å². The lowest BCUT2D eigenvalue weighted by atomic mass is 10.1. The fourth-order valence-electron chi connectivity index (χ4n) is 3.75. The summed E-state index contributed by atoms with van der Waals surface area (Å²) in [7, 11) is 0. The van der Waals surface area contributed by atoms with Gasteiger partial charge < -0.3 is 20.1 Å². The molecule has 5 rings (SSSR count). The highest BCUT2D eigenvalue weighted by atomic mass is 32.1. The van der Waals surface area contributed by atoms with Crippen molar-refractivity contribution in [2.75, 3.05) is 5.32 Å². The molecule has 1 fully saturated rings. The van der Waals surface area contributed by atoms with Gasteiger partial charge in [-0.25, -0.2) is 4.99 Å². The lowest BCUT2D eigenvalue weighted by molar-refractivity contribution is -0.274. The maximum atomic E-state index is 12.7. The molecule has 3 aliphatic rings. The number of amides is 1. The Morgan fingerprint density at radius 2 is 2.17 bits per heavy atom. The van der Waals surface area contributed by atoms with E-state index in [9.17, 15) is 18.0 Å². The van der Waals surface area contributed by atoms with Crippen LogP contribution in [0.4, 0.5) is 18.2 Å². The largest absolute Gasteiger partial charge is 0.573 e. The van der Waals surface area contributed by atoms with Gasteiger partial charge in [0.2, 0.25) is 0 Å². The van der Waals surface area contributed by atoms with E-state index in [2.05, 4.69) is 20.4 Å². The summed E-state index contributed by atoms with van der Waals surface area (Å²) in [5.74, 6) is -0.758. The number of hydrogen-bond acceptors (Lipinski definition) is 6. The number of nitrogens with one attached hydrogen (secondary N) is 2. The molecule has 0 spiro atoms. The van der Waals surface area contributed by atoms with Crippen molar-refractivity contribution in [2.24, 2.45) is 4.99 Å². The molecule has 6 nitrogen and oxygen atoms in total. The molecular formula is C19H16F3N3O3S. The molecule has 0 radical (unpaired) electrons. The highest BCUT2D eigenvalue weighted by molar-refractivity contribution is 7.16. The molecule has 1 aliphatic carbocycles. The van der Waals surface area contributed by atoms with Gasteiger partial charge in [-0.2, -0.15) is 0 Å². The van der Waals surface area contributed by atoms with Crippen LogP contribution in [0.2, 0.25) is 0 Å². The minimum absolute atomic E-state index is 0.102. The number of amidine groups is 1. The third-order valence-corrected chi connectivity index (χ3v) is 6.28. The molecule has 2 aromatic rings. The summed E-state index contributed by atoms with van der Waals surface area (Å²) in [6.45, 7) is -0.130. The first-order valence-electron chi connectivity index (χ1n) is 9.15. The third-order valence-electron chi connectivity index (χ3n) is 5.06. The van der Waals surface area contributed by atoms with Crippen LogP contribution in [0.5, 0.6) is 5.75 Å². The van der Waals surface area contributed by atoms with Gasteiger partial charge in [-0.3, -0.25) is 4.79 Å². The fraction of sp³-hybridized carbons (Fsp3) is 0.368. The van der Waals surface area contributed by atoms with Crippen LogP contribution in [-0.2, 0) is 28.9 Å². The Morgan fingerprint density at radius 1 is 1.34 bits per heavy atom. The zero-order valence-corrected chi connectivity index (χ0v) is 15.8. The van der Waals surface area contributed by atoms with Gasteiger partial charge in [-0.05, 0) is 30.9 Å². The first kappa shape index (κ1) is 18.4. The number of nitrogens with zero attached hydrogens (tertiary/aromatic N) is 1. The number of ether oxygens (including phenoxy) is 2. The standard InChI is InChI=1S/C19H16F3N3O3S/c20-19(21,22)28-11-6-2-1-4-9(11)8-23-16(26)15-24-17-14(27-17)13-10-5-3-7-12(10)29-18(13)25-15/h1-2,4,6,14,17H,3,5,7-8H2,(H,23,26)(H,24,25). The summed E-state index contributed by atoms with van der Waals surface area (Å²) in [5.41, 5.74) is 2.62. The van der Waals surface area contributed by atoms with Gasteiger partial charge in [0.05, 0.1) is 0 Å². The number of anilines is 1. The molecule has 152 valence electrons. The van der Waals surface area contributed by atoms with Crippen LogP contribution in [0.1, 0.15) is 34.1 Å². The van der Waals surface area contributed by atoms with Gasteiger partial charge in [0.15, 0.2) is 12.1 Å². The number of alkyl halides is 3. The average molecular weight is 423 g/mol. The van der Waals surface area contributed by atoms with Gasteiger partial charge in [0.1, 0.15) is 16.9 Å². The Morgan fingerprint density at radius 3 is 3.00 bits per heavy atom. The van der Waals surface area contributed by atoms with E-state index in [1.165, 1.54) is 28.6 Å². The maximum Gasteiger partial charge on any atom is 0.573 e. The molecule has 1 amide bonds. The van der Waals surface area contributed by atoms with Gasteiger partial charge >= 0.3 is 6.36 Å². The Balaban J connectivity index is 1.31. The molecule has 10 heteroatoms. The molecule has 2 atom stereocenters. The molecule has 0 saturated carbocycles. The number of para-hydroxylation sites is 1. The van der Waals surface area contributed by atoms with Gasteiger partial charge in [-0.1, -0.05) is 18.2 Å². The molecule has 1 aromatic carbocycles. The van der Waals surface area contributed by atoms with Crippen LogP contribution in [0.15, 0.2) is 29.3 Å². The zero-order valence-electron chi connectivity index (χ0n) is 15.0. The van der Waals surface area contributed by atoms with Crippen molar-refractivity contribution in [2.45, 2.75) is 44.5 Å². The lowest BCUT2D eigenvalue weighted by Crippen LogP contribution is -2.35. The van der Waals surface area contributed by atoms with Crippen LogP contribution in [0.25, 0.3) is 0 Å². The molecule has 3 heterocycles. The van der Waals surface area contributed by atoms with Crippen molar-refractivity contribution in [1.82, 2.24) is 5.32 Å². The minimum atomic E-state index is -4.80. The molecule has 2 aliphatic heterocycles. The SMILES string of the molecule is O=C(NCc1ccccc1OC(F)(F)F)C1=NC2OC2c2c(sc3c2CCC3)N1. The molecule has 1 aromatic heterocycles. The molecule has 0 bridgehead atoms. The van der Waals surface area contributed by atoms with Crippen molar-refractivity contribution in [3.05, 3.63) is 45.8 Å².